The van der Waals surface area contributed by atoms with Gasteiger partial charge in [-0.3, -0.25) is 4.98 Å². The van der Waals surface area contributed by atoms with Crippen LogP contribution in [0.25, 0.3) is 0 Å². The largest absolute Gasteiger partial charge is 0.416 e. The average molecular weight is 248 g/mol. The first kappa shape index (κ1) is 12.3. The van der Waals surface area contributed by atoms with Crippen LogP contribution in [0.5, 0.6) is 0 Å². The second-order valence-electron chi connectivity index (χ2n) is 4.39. The van der Waals surface area contributed by atoms with E-state index in [1.165, 1.54) is 0 Å². The number of pyridine rings is 1. The number of rotatable bonds is 1. The van der Waals surface area contributed by atoms with Crippen LogP contribution in [0, 0.1) is 0 Å². The molecular weight excluding hydrogens is 236 g/mol. The summed E-state index contributed by atoms with van der Waals surface area (Å²) in [7, 11) is 0. The van der Waals surface area contributed by atoms with Gasteiger partial charge in [0.2, 0.25) is 0 Å². The van der Waals surface area contributed by atoms with Gasteiger partial charge in [-0.1, -0.05) is 0 Å². The molecular formula is C11H12F4N2. The van der Waals surface area contributed by atoms with Gasteiger partial charge in [-0.05, 0) is 18.9 Å². The van der Waals surface area contributed by atoms with Gasteiger partial charge in [0.25, 0.3) is 0 Å². The van der Waals surface area contributed by atoms with Crippen molar-refractivity contribution in [3.05, 3.63) is 29.6 Å². The molecule has 2 unspecified atom stereocenters. The van der Waals surface area contributed by atoms with Crippen molar-refractivity contribution in [2.75, 3.05) is 0 Å². The van der Waals surface area contributed by atoms with Crippen molar-refractivity contribution in [1.82, 2.24) is 4.98 Å². The Bertz CT molecular complexity index is 418. The van der Waals surface area contributed by atoms with Crippen molar-refractivity contribution in [1.29, 1.82) is 0 Å². The summed E-state index contributed by atoms with van der Waals surface area (Å²) >= 11 is 0. The highest BCUT2D eigenvalue weighted by Crippen LogP contribution is 2.46. The van der Waals surface area contributed by atoms with Crippen LogP contribution in [0.1, 0.15) is 30.4 Å². The first-order chi connectivity index (χ1) is 7.83. The third-order valence-corrected chi connectivity index (χ3v) is 3.11. The minimum atomic E-state index is -4.57. The molecule has 0 amide bonds. The van der Waals surface area contributed by atoms with Crippen LogP contribution in [-0.2, 0) is 11.8 Å². The Morgan fingerprint density at radius 2 is 2.12 bits per heavy atom. The topological polar surface area (TPSA) is 38.9 Å². The van der Waals surface area contributed by atoms with E-state index in [9.17, 15) is 17.6 Å². The van der Waals surface area contributed by atoms with Gasteiger partial charge in [0.1, 0.15) is 5.67 Å². The molecule has 1 aliphatic carbocycles. The predicted octanol–water partition coefficient (Wildman–Crippen LogP) is 2.78. The summed E-state index contributed by atoms with van der Waals surface area (Å²) in [6.45, 7) is 0. The van der Waals surface area contributed by atoms with Crippen LogP contribution in [0.15, 0.2) is 18.5 Å². The van der Waals surface area contributed by atoms with Crippen molar-refractivity contribution in [3.8, 4) is 0 Å². The SMILES string of the molecule is NC1CCC(F)(c2cnccc2C(F)(F)F)C1. The van der Waals surface area contributed by atoms with Gasteiger partial charge in [-0.15, -0.1) is 0 Å². The molecule has 2 N–H and O–H groups in total. The Kier molecular flexibility index (Phi) is 2.85. The lowest BCUT2D eigenvalue weighted by molar-refractivity contribution is -0.139. The smallest absolute Gasteiger partial charge is 0.328 e. The lowest BCUT2D eigenvalue weighted by Gasteiger charge is -2.23. The van der Waals surface area contributed by atoms with E-state index in [1.807, 2.05) is 0 Å². The molecule has 94 valence electrons. The highest BCUT2D eigenvalue weighted by Gasteiger charge is 2.45. The number of hydrogen-bond acceptors (Lipinski definition) is 2. The molecule has 17 heavy (non-hydrogen) atoms. The van der Waals surface area contributed by atoms with E-state index in [1.54, 1.807) is 0 Å². The number of nitrogens with zero attached hydrogens (tertiary/aromatic N) is 1. The van der Waals surface area contributed by atoms with Crippen molar-refractivity contribution < 1.29 is 17.6 Å². The Morgan fingerprint density at radius 3 is 2.65 bits per heavy atom. The number of alkyl halides is 4. The molecule has 1 aromatic rings. The summed E-state index contributed by atoms with van der Waals surface area (Å²) in [5.41, 5.74) is 2.22. The lowest BCUT2D eigenvalue weighted by Crippen LogP contribution is -2.25. The highest BCUT2D eigenvalue weighted by atomic mass is 19.4. The molecule has 0 aliphatic heterocycles. The fraction of sp³-hybridized carbons (Fsp3) is 0.545. The van der Waals surface area contributed by atoms with E-state index in [0.717, 1.165) is 18.5 Å². The van der Waals surface area contributed by atoms with Crippen molar-refractivity contribution in [3.63, 3.8) is 0 Å². The third-order valence-electron chi connectivity index (χ3n) is 3.11. The molecule has 2 rings (SSSR count). The molecule has 0 radical (unpaired) electrons. The predicted molar refractivity (Wildman–Crippen MR) is 53.9 cm³/mol. The van der Waals surface area contributed by atoms with Gasteiger partial charge in [-0.2, -0.15) is 13.2 Å². The molecule has 1 fully saturated rings. The van der Waals surface area contributed by atoms with Crippen LogP contribution < -0.4 is 5.73 Å². The van der Waals surface area contributed by atoms with E-state index in [0.29, 0.717) is 6.42 Å². The van der Waals surface area contributed by atoms with Crippen molar-refractivity contribution in [2.24, 2.45) is 5.73 Å². The lowest BCUT2D eigenvalue weighted by atomic mass is 9.91. The number of hydrogen-bond donors (Lipinski definition) is 1. The van der Waals surface area contributed by atoms with Gasteiger partial charge in [0.15, 0.2) is 0 Å². The Balaban J connectivity index is 2.46. The zero-order valence-corrected chi connectivity index (χ0v) is 8.97. The minimum Gasteiger partial charge on any atom is -0.328 e. The van der Waals surface area contributed by atoms with Crippen LogP contribution in [0.2, 0.25) is 0 Å². The standard InChI is InChI=1S/C11H12F4N2/c12-10(3-1-7(16)5-10)9-6-17-4-2-8(9)11(13,14)15/h2,4,6-7H,1,3,5,16H2. The van der Waals surface area contributed by atoms with E-state index >= 15 is 0 Å². The maximum absolute atomic E-state index is 14.5. The summed E-state index contributed by atoms with van der Waals surface area (Å²) in [6, 6.07) is 0.418. The van der Waals surface area contributed by atoms with E-state index in [2.05, 4.69) is 4.98 Å². The molecule has 0 aromatic carbocycles. The fourth-order valence-electron chi connectivity index (χ4n) is 2.28. The molecule has 2 atom stereocenters. The fourth-order valence-corrected chi connectivity index (χ4v) is 2.28. The number of nitrogens with two attached hydrogens (primary N) is 1. The number of aromatic nitrogens is 1. The van der Waals surface area contributed by atoms with Gasteiger partial charge in [0.05, 0.1) is 5.56 Å². The molecule has 1 aliphatic rings. The molecule has 0 bridgehead atoms. The van der Waals surface area contributed by atoms with E-state index in [4.69, 9.17) is 5.73 Å². The van der Waals surface area contributed by atoms with E-state index < -0.39 is 17.4 Å². The molecule has 0 saturated heterocycles. The number of halogens is 4. The molecule has 1 heterocycles. The maximum Gasteiger partial charge on any atom is 0.416 e. The van der Waals surface area contributed by atoms with Gasteiger partial charge in [-0.25, -0.2) is 4.39 Å². The zero-order valence-electron chi connectivity index (χ0n) is 8.97. The summed E-state index contributed by atoms with van der Waals surface area (Å²) in [4.78, 5) is 3.59. The second kappa shape index (κ2) is 3.94. The van der Waals surface area contributed by atoms with Crippen LogP contribution in [-0.4, -0.2) is 11.0 Å². The van der Waals surface area contributed by atoms with E-state index in [-0.39, 0.29) is 24.4 Å². The Hall–Kier alpha value is -1.17. The van der Waals surface area contributed by atoms with Crippen LogP contribution >= 0.6 is 0 Å². The molecule has 1 saturated carbocycles. The Labute approximate surface area is 95.8 Å². The monoisotopic (exact) mass is 248 g/mol. The van der Waals surface area contributed by atoms with Gasteiger partial charge in [0, 0.05) is 30.4 Å². The second-order valence-corrected chi connectivity index (χ2v) is 4.39. The maximum atomic E-state index is 14.5. The summed E-state index contributed by atoms with van der Waals surface area (Å²) in [5.74, 6) is 0. The Morgan fingerprint density at radius 1 is 1.41 bits per heavy atom. The minimum absolute atomic E-state index is 0.0168. The summed E-state index contributed by atoms with van der Waals surface area (Å²) in [6.07, 6.45) is -2.26. The normalized spacial score (nSPS) is 29.6. The van der Waals surface area contributed by atoms with Crippen molar-refractivity contribution in [2.45, 2.75) is 37.1 Å². The molecule has 6 heteroatoms. The first-order valence-corrected chi connectivity index (χ1v) is 5.29. The molecule has 0 spiro atoms. The van der Waals surface area contributed by atoms with Gasteiger partial charge < -0.3 is 5.73 Å². The quantitative estimate of drug-likeness (QED) is 0.776. The average Bonchev–Trinajstić information content (AvgIpc) is 2.59. The molecule has 2 nitrogen and oxygen atoms in total. The highest BCUT2D eigenvalue weighted by molar-refractivity contribution is 5.33. The summed E-state index contributed by atoms with van der Waals surface area (Å²) < 4.78 is 52.7. The third kappa shape index (κ3) is 2.26. The van der Waals surface area contributed by atoms with Crippen LogP contribution in [0.3, 0.4) is 0 Å². The van der Waals surface area contributed by atoms with Crippen molar-refractivity contribution >= 4 is 0 Å². The summed E-state index contributed by atoms with van der Waals surface area (Å²) in [5, 5.41) is 0. The van der Waals surface area contributed by atoms with Gasteiger partial charge >= 0.3 is 6.18 Å². The van der Waals surface area contributed by atoms with Crippen LogP contribution in [0.4, 0.5) is 17.6 Å². The first-order valence-electron chi connectivity index (χ1n) is 5.29. The molecule has 1 aromatic heterocycles. The zero-order chi connectivity index (χ0) is 12.7.